The smallest absolute Gasteiger partial charge is 0.0893 e. The van der Waals surface area contributed by atoms with Crippen LogP contribution in [-0.2, 0) is 0 Å². The quantitative estimate of drug-likeness (QED) is 0.789. The molecule has 4 heteroatoms. The third-order valence-corrected chi connectivity index (χ3v) is 4.56. The molecule has 0 aliphatic carbocycles. The summed E-state index contributed by atoms with van der Waals surface area (Å²) in [6.45, 7) is 2.17. The Balaban J connectivity index is 2.01. The number of fused-ring (bicyclic) bond motifs is 1. The fraction of sp³-hybridized carbons (Fsp3) is 0.200. The van der Waals surface area contributed by atoms with Gasteiger partial charge in [-0.25, -0.2) is 0 Å². The molecule has 2 heterocycles. The zero-order valence-corrected chi connectivity index (χ0v) is 11.7. The van der Waals surface area contributed by atoms with Crippen LogP contribution >= 0.6 is 11.3 Å². The molecule has 0 fully saturated rings. The van der Waals surface area contributed by atoms with Gasteiger partial charge in [0.25, 0.3) is 0 Å². The van der Waals surface area contributed by atoms with Crippen molar-refractivity contribution in [2.24, 2.45) is 0 Å². The third-order valence-electron chi connectivity index (χ3n) is 3.24. The van der Waals surface area contributed by atoms with Crippen LogP contribution in [0.2, 0.25) is 0 Å². The Hall–Kier alpha value is -1.78. The van der Waals surface area contributed by atoms with Gasteiger partial charge in [-0.1, -0.05) is 6.07 Å². The number of hydrogen-bond donors (Lipinski definition) is 1. The Bertz CT molecular complexity index is 705. The van der Waals surface area contributed by atoms with Crippen molar-refractivity contribution < 1.29 is 0 Å². The predicted octanol–water partition coefficient (Wildman–Crippen LogP) is 3.64. The van der Waals surface area contributed by atoms with E-state index in [-0.39, 0.29) is 0 Å². The van der Waals surface area contributed by atoms with Crippen LogP contribution in [0.3, 0.4) is 0 Å². The van der Waals surface area contributed by atoms with Crippen molar-refractivity contribution in [3.8, 4) is 10.4 Å². The fourth-order valence-corrected chi connectivity index (χ4v) is 3.07. The first kappa shape index (κ1) is 12.3. The summed E-state index contributed by atoms with van der Waals surface area (Å²) < 4.78 is 0. The van der Waals surface area contributed by atoms with Crippen LogP contribution in [0.4, 0.5) is 0 Å². The minimum atomic E-state index is 0.388. The SMILES string of the molecule is CNC(C)c1ccc(-c2ccc3nccnc3c2)s1. The van der Waals surface area contributed by atoms with Gasteiger partial charge in [-0.2, -0.15) is 0 Å². The van der Waals surface area contributed by atoms with Crippen molar-refractivity contribution in [1.82, 2.24) is 15.3 Å². The second-order valence-corrected chi connectivity index (χ2v) is 5.59. The highest BCUT2D eigenvalue weighted by Gasteiger charge is 2.08. The molecule has 0 saturated heterocycles. The van der Waals surface area contributed by atoms with Crippen LogP contribution in [0.15, 0.2) is 42.7 Å². The predicted molar refractivity (Wildman–Crippen MR) is 80.3 cm³/mol. The zero-order valence-electron chi connectivity index (χ0n) is 10.9. The third kappa shape index (κ3) is 2.37. The summed E-state index contributed by atoms with van der Waals surface area (Å²) in [5.74, 6) is 0. The van der Waals surface area contributed by atoms with Gasteiger partial charge in [0.05, 0.1) is 11.0 Å². The van der Waals surface area contributed by atoms with Gasteiger partial charge in [-0.15, -0.1) is 11.3 Å². The normalized spacial score (nSPS) is 12.7. The average Bonchev–Trinajstić information content (AvgIpc) is 2.95. The van der Waals surface area contributed by atoms with Gasteiger partial charge in [0.2, 0.25) is 0 Å². The highest BCUT2D eigenvalue weighted by atomic mass is 32.1. The lowest BCUT2D eigenvalue weighted by Crippen LogP contribution is -2.10. The van der Waals surface area contributed by atoms with Crippen LogP contribution in [-0.4, -0.2) is 17.0 Å². The van der Waals surface area contributed by atoms with Crippen LogP contribution in [0.25, 0.3) is 21.5 Å². The van der Waals surface area contributed by atoms with E-state index in [9.17, 15) is 0 Å². The first-order chi connectivity index (χ1) is 9.28. The lowest BCUT2D eigenvalue weighted by Gasteiger charge is -2.06. The topological polar surface area (TPSA) is 37.8 Å². The molecule has 0 radical (unpaired) electrons. The fourth-order valence-electron chi connectivity index (χ4n) is 2.00. The molecule has 3 nitrogen and oxygen atoms in total. The summed E-state index contributed by atoms with van der Waals surface area (Å²) in [6.07, 6.45) is 3.45. The Morgan fingerprint density at radius 1 is 1.05 bits per heavy atom. The van der Waals surface area contributed by atoms with E-state index in [1.165, 1.54) is 15.3 Å². The van der Waals surface area contributed by atoms with Gasteiger partial charge < -0.3 is 5.32 Å². The first-order valence-corrected chi connectivity index (χ1v) is 7.08. The second kappa shape index (κ2) is 5.07. The molecule has 19 heavy (non-hydrogen) atoms. The molecule has 0 spiro atoms. The summed E-state index contributed by atoms with van der Waals surface area (Å²) in [6, 6.07) is 11.0. The van der Waals surface area contributed by atoms with Crippen molar-refractivity contribution in [3.05, 3.63) is 47.6 Å². The summed E-state index contributed by atoms with van der Waals surface area (Å²) in [5, 5.41) is 3.26. The van der Waals surface area contributed by atoms with Gasteiger partial charge >= 0.3 is 0 Å². The molecule has 0 saturated carbocycles. The number of thiophene rings is 1. The maximum Gasteiger partial charge on any atom is 0.0893 e. The van der Waals surface area contributed by atoms with Crippen molar-refractivity contribution in [2.45, 2.75) is 13.0 Å². The first-order valence-electron chi connectivity index (χ1n) is 6.26. The second-order valence-electron chi connectivity index (χ2n) is 4.47. The van der Waals surface area contributed by atoms with Crippen LogP contribution in [0.5, 0.6) is 0 Å². The molecule has 0 aliphatic heterocycles. The lowest BCUT2D eigenvalue weighted by atomic mass is 10.1. The van der Waals surface area contributed by atoms with Crippen molar-refractivity contribution in [2.75, 3.05) is 7.05 Å². The Morgan fingerprint density at radius 3 is 2.63 bits per heavy atom. The average molecular weight is 269 g/mol. The van der Waals surface area contributed by atoms with E-state index in [1.807, 2.05) is 24.5 Å². The van der Waals surface area contributed by atoms with Gasteiger partial charge in [-0.05, 0) is 43.8 Å². The molecule has 2 aromatic heterocycles. The maximum atomic E-state index is 4.36. The molecule has 1 atom stereocenters. The summed E-state index contributed by atoms with van der Waals surface area (Å²) in [5.41, 5.74) is 3.08. The minimum Gasteiger partial charge on any atom is -0.313 e. The molecule has 0 bridgehead atoms. The molecule has 1 unspecified atom stereocenters. The number of aromatic nitrogens is 2. The van der Waals surface area contributed by atoms with Gasteiger partial charge in [0, 0.05) is 28.2 Å². The summed E-state index contributed by atoms with van der Waals surface area (Å²) >= 11 is 1.82. The highest BCUT2D eigenvalue weighted by molar-refractivity contribution is 7.15. The van der Waals surface area contributed by atoms with Crippen LogP contribution in [0.1, 0.15) is 17.8 Å². The van der Waals surface area contributed by atoms with Gasteiger partial charge in [-0.3, -0.25) is 9.97 Å². The van der Waals surface area contributed by atoms with Gasteiger partial charge in [0.1, 0.15) is 0 Å². The number of rotatable bonds is 3. The summed E-state index contributed by atoms with van der Waals surface area (Å²) in [4.78, 5) is 11.3. The van der Waals surface area contributed by atoms with Crippen molar-refractivity contribution in [3.63, 3.8) is 0 Å². The molecule has 0 amide bonds. The van der Waals surface area contributed by atoms with Crippen LogP contribution in [0, 0.1) is 0 Å². The number of nitrogens with one attached hydrogen (secondary N) is 1. The Morgan fingerprint density at radius 2 is 1.84 bits per heavy atom. The van der Waals surface area contributed by atoms with Crippen molar-refractivity contribution in [1.29, 1.82) is 0 Å². The number of nitrogens with zero attached hydrogens (tertiary/aromatic N) is 2. The van der Waals surface area contributed by atoms with E-state index in [0.29, 0.717) is 6.04 Å². The largest absolute Gasteiger partial charge is 0.313 e. The van der Waals surface area contributed by atoms with E-state index in [1.54, 1.807) is 12.4 Å². The molecule has 96 valence electrons. The Labute approximate surface area is 116 Å². The van der Waals surface area contributed by atoms with Crippen molar-refractivity contribution >= 4 is 22.4 Å². The van der Waals surface area contributed by atoms with E-state index >= 15 is 0 Å². The minimum absolute atomic E-state index is 0.388. The zero-order chi connectivity index (χ0) is 13.2. The molecular weight excluding hydrogens is 254 g/mol. The molecule has 3 aromatic rings. The standard InChI is InChI=1S/C15H15N3S/c1-10(16-2)14-5-6-15(19-14)11-3-4-12-13(9-11)18-8-7-17-12/h3-10,16H,1-2H3. The van der Waals surface area contributed by atoms with E-state index in [4.69, 9.17) is 0 Å². The van der Waals surface area contributed by atoms with E-state index in [0.717, 1.165) is 11.0 Å². The lowest BCUT2D eigenvalue weighted by molar-refractivity contribution is 0.664. The monoisotopic (exact) mass is 269 g/mol. The Kier molecular flexibility index (Phi) is 3.27. The number of benzene rings is 1. The van der Waals surface area contributed by atoms with E-state index < -0.39 is 0 Å². The number of hydrogen-bond acceptors (Lipinski definition) is 4. The molecule has 3 rings (SSSR count). The molecule has 1 N–H and O–H groups in total. The summed E-state index contributed by atoms with van der Waals surface area (Å²) in [7, 11) is 1.98. The highest BCUT2D eigenvalue weighted by Crippen LogP contribution is 2.32. The molecule has 1 aromatic carbocycles. The molecule has 0 aliphatic rings. The molecular formula is C15H15N3S. The van der Waals surface area contributed by atoms with E-state index in [2.05, 4.69) is 46.5 Å². The van der Waals surface area contributed by atoms with Gasteiger partial charge in [0.15, 0.2) is 0 Å². The van der Waals surface area contributed by atoms with Crippen LogP contribution < -0.4 is 5.32 Å². The maximum absolute atomic E-state index is 4.36.